The summed E-state index contributed by atoms with van der Waals surface area (Å²) in [5.41, 5.74) is -1.30. The van der Waals surface area contributed by atoms with Gasteiger partial charge in [0, 0.05) is 17.9 Å². The van der Waals surface area contributed by atoms with Gasteiger partial charge in [-0.2, -0.15) is 0 Å². The average Bonchev–Trinajstić information content (AvgIpc) is 2.69. The number of amides is 1. The van der Waals surface area contributed by atoms with E-state index in [1.165, 1.54) is 0 Å². The van der Waals surface area contributed by atoms with Gasteiger partial charge in [0.15, 0.2) is 6.61 Å². The van der Waals surface area contributed by atoms with Crippen molar-refractivity contribution < 1.29 is 42.0 Å². The molecule has 3 atom stereocenters. The Kier molecular flexibility index (Phi) is 8.26. The van der Waals surface area contributed by atoms with Crippen LogP contribution in [0.25, 0.3) is 0 Å². The van der Waals surface area contributed by atoms with Crippen molar-refractivity contribution in [3.8, 4) is 5.75 Å². The molecule has 0 radical (unpaired) electrons. The maximum absolute atomic E-state index is 12.2. The largest absolute Gasteiger partial charge is 0.522 e. The summed E-state index contributed by atoms with van der Waals surface area (Å²) < 4.78 is 57.1. The van der Waals surface area contributed by atoms with Crippen molar-refractivity contribution in [3.05, 3.63) is 29.3 Å². The molecule has 1 saturated heterocycles. The van der Waals surface area contributed by atoms with Crippen molar-refractivity contribution in [3.63, 3.8) is 0 Å². The molecule has 2 fully saturated rings. The lowest BCUT2D eigenvalue weighted by Crippen LogP contribution is -2.53. The molecule has 0 bridgehead atoms. The van der Waals surface area contributed by atoms with Gasteiger partial charge < -0.3 is 24.6 Å². The average molecular weight is 482 g/mol. The molecular weight excluding hydrogens is 455 g/mol. The Morgan fingerprint density at radius 1 is 1.22 bits per heavy atom. The van der Waals surface area contributed by atoms with Crippen LogP contribution in [0, 0.1) is 0 Å². The van der Waals surface area contributed by atoms with Gasteiger partial charge in [-0.3, -0.25) is 9.53 Å². The smallest absolute Gasteiger partial charge is 0.484 e. The van der Waals surface area contributed by atoms with Gasteiger partial charge in [0.1, 0.15) is 11.4 Å². The molecule has 1 amide bonds. The summed E-state index contributed by atoms with van der Waals surface area (Å²) in [6.45, 7) is 1.58. The van der Waals surface area contributed by atoms with Crippen molar-refractivity contribution in [1.29, 1.82) is 0 Å². The van der Waals surface area contributed by atoms with E-state index >= 15 is 0 Å². The number of benzene rings is 1. The van der Waals surface area contributed by atoms with Crippen LogP contribution in [0.4, 0.5) is 13.2 Å². The molecule has 1 aromatic rings. The fourth-order valence-electron chi connectivity index (χ4n) is 3.62. The van der Waals surface area contributed by atoms with Crippen LogP contribution in [0.3, 0.4) is 0 Å². The Bertz CT molecular complexity index is 747. The van der Waals surface area contributed by atoms with Crippen LogP contribution in [-0.2, 0) is 19.0 Å². The number of hydrogen-bond acceptors (Lipinski definition) is 6. The van der Waals surface area contributed by atoms with Crippen LogP contribution in [0.2, 0.25) is 5.02 Å². The number of hydrogen-bond donors (Lipinski definition) is 2. The Hall–Kier alpha value is -1.59. The molecule has 180 valence electrons. The van der Waals surface area contributed by atoms with E-state index in [0.29, 0.717) is 23.6 Å². The minimum absolute atomic E-state index is 0.0625. The van der Waals surface area contributed by atoms with Crippen molar-refractivity contribution >= 4 is 17.5 Å². The molecule has 0 spiro atoms. The van der Waals surface area contributed by atoms with Gasteiger partial charge in [-0.1, -0.05) is 11.6 Å². The first-order valence-electron chi connectivity index (χ1n) is 10.4. The van der Waals surface area contributed by atoms with Crippen LogP contribution in [-0.4, -0.2) is 67.2 Å². The van der Waals surface area contributed by atoms with E-state index in [1.807, 2.05) is 0 Å². The molecule has 0 unspecified atom stereocenters. The first-order valence-corrected chi connectivity index (χ1v) is 10.8. The molecule has 0 aromatic heterocycles. The highest BCUT2D eigenvalue weighted by molar-refractivity contribution is 6.30. The molecule has 11 heteroatoms. The number of carbonyl (C=O) groups is 1. The second-order valence-electron chi connectivity index (χ2n) is 8.35. The molecule has 3 rings (SSSR count). The highest BCUT2D eigenvalue weighted by Gasteiger charge is 2.42. The first kappa shape index (κ1) is 25.0. The monoisotopic (exact) mass is 481 g/mol. The van der Waals surface area contributed by atoms with Gasteiger partial charge in [0.25, 0.3) is 5.91 Å². The van der Waals surface area contributed by atoms with E-state index in [0.717, 1.165) is 0 Å². The first-order chi connectivity index (χ1) is 15.0. The second-order valence-corrected chi connectivity index (χ2v) is 8.79. The third-order valence-electron chi connectivity index (χ3n) is 5.48. The van der Waals surface area contributed by atoms with Crippen molar-refractivity contribution in [2.45, 2.75) is 68.9 Å². The van der Waals surface area contributed by atoms with E-state index in [4.69, 9.17) is 25.8 Å². The van der Waals surface area contributed by atoms with Crippen LogP contribution in [0.5, 0.6) is 5.75 Å². The zero-order valence-corrected chi connectivity index (χ0v) is 18.3. The SMILES string of the molecule is C[C@](O)(CO[C@H]1C[C@@H](OC(F)(F)F)C1)[C@H]1CC[C@H](NC(=O)COc2ccc(Cl)cc2)CO1. The summed E-state index contributed by atoms with van der Waals surface area (Å²) in [5, 5.41) is 14.1. The van der Waals surface area contributed by atoms with Crippen molar-refractivity contribution in [2.24, 2.45) is 0 Å². The van der Waals surface area contributed by atoms with Crippen molar-refractivity contribution in [2.75, 3.05) is 19.8 Å². The van der Waals surface area contributed by atoms with E-state index in [2.05, 4.69) is 10.1 Å². The van der Waals surface area contributed by atoms with E-state index in [1.54, 1.807) is 31.2 Å². The van der Waals surface area contributed by atoms with Gasteiger partial charge >= 0.3 is 6.36 Å². The Balaban J connectivity index is 1.32. The molecule has 1 aliphatic heterocycles. The lowest BCUT2D eigenvalue weighted by atomic mass is 9.90. The lowest BCUT2D eigenvalue weighted by Gasteiger charge is -2.41. The van der Waals surface area contributed by atoms with Gasteiger partial charge in [-0.05, 0) is 44.0 Å². The Morgan fingerprint density at radius 3 is 2.50 bits per heavy atom. The summed E-state index contributed by atoms with van der Waals surface area (Å²) >= 11 is 5.80. The van der Waals surface area contributed by atoms with E-state index in [-0.39, 0.29) is 50.7 Å². The third kappa shape index (κ3) is 7.77. The lowest BCUT2D eigenvalue weighted by molar-refractivity contribution is -0.358. The number of aliphatic hydroxyl groups is 1. The zero-order valence-electron chi connectivity index (χ0n) is 17.6. The van der Waals surface area contributed by atoms with E-state index < -0.39 is 24.2 Å². The topological polar surface area (TPSA) is 86.2 Å². The predicted molar refractivity (Wildman–Crippen MR) is 108 cm³/mol. The van der Waals surface area contributed by atoms with Crippen LogP contribution in [0.15, 0.2) is 24.3 Å². The third-order valence-corrected chi connectivity index (χ3v) is 5.73. The number of ether oxygens (including phenoxy) is 4. The van der Waals surface area contributed by atoms with Gasteiger partial charge in [-0.15, -0.1) is 13.2 Å². The highest BCUT2D eigenvalue weighted by atomic mass is 35.5. The molecule has 32 heavy (non-hydrogen) atoms. The van der Waals surface area contributed by atoms with Gasteiger partial charge in [0.05, 0.1) is 37.6 Å². The fourth-order valence-corrected chi connectivity index (χ4v) is 3.75. The minimum Gasteiger partial charge on any atom is -0.484 e. The number of alkyl halides is 3. The summed E-state index contributed by atoms with van der Waals surface area (Å²) in [4.78, 5) is 12.1. The molecule has 2 aliphatic rings. The van der Waals surface area contributed by atoms with Crippen molar-refractivity contribution in [1.82, 2.24) is 5.32 Å². The number of nitrogens with one attached hydrogen (secondary N) is 1. The fraction of sp³-hybridized carbons (Fsp3) is 0.667. The molecule has 1 saturated carbocycles. The van der Waals surface area contributed by atoms with Crippen LogP contribution in [0.1, 0.15) is 32.6 Å². The quantitative estimate of drug-likeness (QED) is 0.563. The van der Waals surface area contributed by atoms with E-state index in [9.17, 15) is 23.1 Å². The Morgan fingerprint density at radius 2 is 1.91 bits per heavy atom. The normalized spacial score (nSPS) is 27.8. The maximum Gasteiger partial charge on any atom is 0.522 e. The molecule has 1 aromatic carbocycles. The van der Waals surface area contributed by atoms with Crippen LogP contribution >= 0.6 is 11.6 Å². The maximum atomic E-state index is 12.2. The number of rotatable bonds is 9. The molecule has 7 nitrogen and oxygen atoms in total. The molecule has 1 heterocycles. The summed E-state index contributed by atoms with van der Waals surface area (Å²) in [6.07, 6.45) is -5.09. The standard InChI is InChI=1S/C21H27ClF3NO6/c1-20(28,12-31-16-8-17(9-16)32-21(23,24)25)18-7-4-14(10-30-18)26-19(27)11-29-15-5-2-13(22)3-6-15/h2-3,5-6,14,16-18,28H,4,7-12H2,1H3,(H,26,27)/t14-,16-,17+,18+,20-/m0/s1. The molecule has 1 aliphatic carbocycles. The van der Waals surface area contributed by atoms with Crippen LogP contribution < -0.4 is 10.1 Å². The highest BCUT2D eigenvalue weighted by Crippen LogP contribution is 2.33. The number of carbonyl (C=O) groups excluding carboxylic acids is 1. The van der Waals surface area contributed by atoms with Gasteiger partial charge in [0.2, 0.25) is 0 Å². The second kappa shape index (κ2) is 10.6. The zero-order chi connectivity index (χ0) is 23.4. The molecule has 2 N–H and O–H groups in total. The molecular formula is C21H27ClF3NO6. The summed E-state index contributed by atoms with van der Waals surface area (Å²) in [6, 6.07) is 6.46. The minimum atomic E-state index is -4.65. The number of halogens is 4. The summed E-state index contributed by atoms with van der Waals surface area (Å²) in [5.74, 6) is 0.242. The Labute approximate surface area is 189 Å². The van der Waals surface area contributed by atoms with Gasteiger partial charge in [-0.25, -0.2) is 0 Å². The summed E-state index contributed by atoms with van der Waals surface area (Å²) in [7, 11) is 0. The predicted octanol–water partition coefficient (Wildman–Crippen LogP) is 3.22.